The second-order valence-corrected chi connectivity index (χ2v) is 7.70. The van der Waals surface area contributed by atoms with E-state index in [1.807, 2.05) is 32.9 Å². The summed E-state index contributed by atoms with van der Waals surface area (Å²) in [5.41, 5.74) is 1.82. The van der Waals surface area contributed by atoms with E-state index in [4.69, 9.17) is 11.6 Å². The van der Waals surface area contributed by atoms with E-state index in [9.17, 15) is 9.59 Å². The van der Waals surface area contributed by atoms with Crippen molar-refractivity contribution in [2.75, 3.05) is 13.1 Å². The molecule has 1 N–H and O–H groups in total. The Balaban J connectivity index is 2.11. The van der Waals surface area contributed by atoms with Crippen LogP contribution >= 0.6 is 11.6 Å². The highest BCUT2D eigenvalue weighted by molar-refractivity contribution is 6.30. The molecule has 0 spiro atoms. The molecule has 25 heavy (non-hydrogen) atoms. The molecule has 0 aromatic heterocycles. The van der Waals surface area contributed by atoms with Gasteiger partial charge in [0, 0.05) is 17.1 Å². The van der Waals surface area contributed by atoms with Crippen LogP contribution < -0.4 is 5.32 Å². The summed E-state index contributed by atoms with van der Waals surface area (Å²) in [7, 11) is 0. The minimum atomic E-state index is -0.498. The molecular weight excluding hydrogens is 338 g/mol. The van der Waals surface area contributed by atoms with Crippen LogP contribution in [-0.2, 0) is 4.79 Å². The lowest BCUT2D eigenvalue weighted by molar-refractivity contribution is -0.129. The van der Waals surface area contributed by atoms with E-state index in [-0.39, 0.29) is 17.5 Å². The van der Waals surface area contributed by atoms with Crippen LogP contribution in [0.5, 0.6) is 0 Å². The van der Waals surface area contributed by atoms with Crippen LogP contribution in [0.2, 0.25) is 5.02 Å². The zero-order valence-electron chi connectivity index (χ0n) is 14.7. The summed E-state index contributed by atoms with van der Waals surface area (Å²) in [5.74, 6) is -0.0541. The van der Waals surface area contributed by atoms with Crippen molar-refractivity contribution in [3.63, 3.8) is 0 Å². The Labute approximate surface area is 152 Å². The third-order valence-electron chi connectivity index (χ3n) is 4.53. The molecule has 0 saturated carbocycles. The number of carbonyl (C=O) groups excluding carboxylic acids is 2. The molecule has 2 heterocycles. The Bertz CT molecular complexity index is 779. The largest absolute Gasteiger partial charge is 0.328 e. The fourth-order valence-corrected chi connectivity index (χ4v) is 3.49. The van der Waals surface area contributed by atoms with E-state index < -0.39 is 6.04 Å². The van der Waals surface area contributed by atoms with Crippen LogP contribution in [0.4, 0.5) is 4.79 Å². The average Bonchev–Trinajstić information content (AvgIpc) is 2.88. The van der Waals surface area contributed by atoms with Crippen molar-refractivity contribution in [2.24, 2.45) is 0 Å². The highest BCUT2D eigenvalue weighted by atomic mass is 35.5. The van der Waals surface area contributed by atoms with Gasteiger partial charge in [0.25, 0.3) is 5.91 Å². The third kappa shape index (κ3) is 3.04. The number of benzene rings is 1. The topological polar surface area (TPSA) is 52.7 Å². The minimum Gasteiger partial charge on any atom is -0.328 e. The second kappa shape index (κ2) is 6.23. The van der Waals surface area contributed by atoms with Gasteiger partial charge < -0.3 is 10.2 Å². The number of rotatable bonds is 3. The molecule has 3 rings (SSSR count). The summed E-state index contributed by atoms with van der Waals surface area (Å²) < 4.78 is 0. The first-order valence-corrected chi connectivity index (χ1v) is 8.61. The van der Waals surface area contributed by atoms with Crippen molar-refractivity contribution in [1.29, 1.82) is 0 Å². The number of amides is 3. The zero-order chi connectivity index (χ0) is 18.4. The highest BCUT2D eigenvalue weighted by Gasteiger charge is 2.46. The number of hydrogen-bond donors (Lipinski definition) is 1. The van der Waals surface area contributed by atoms with Gasteiger partial charge in [0.1, 0.15) is 0 Å². The average molecular weight is 360 g/mol. The summed E-state index contributed by atoms with van der Waals surface area (Å²) in [5, 5.41) is 3.51. The normalized spacial score (nSPS) is 20.7. The minimum absolute atomic E-state index is 0.0541. The van der Waals surface area contributed by atoms with Gasteiger partial charge in [-0.25, -0.2) is 4.79 Å². The maximum Gasteiger partial charge on any atom is 0.322 e. The van der Waals surface area contributed by atoms with Crippen molar-refractivity contribution in [3.8, 4) is 0 Å². The van der Waals surface area contributed by atoms with E-state index in [1.165, 1.54) is 0 Å². The Morgan fingerprint density at radius 2 is 2.08 bits per heavy atom. The Morgan fingerprint density at radius 3 is 2.68 bits per heavy atom. The number of hydrogen-bond acceptors (Lipinski definition) is 2. The third-order valence-corrected chi connectivity index (χ3v) is 4.76. The van der Waals surface area contributed by atoms with Crippen molar-refractivity contribution in [1.82, 2.24) is 15.1 Å². The molecule has 0 aliphatic carbocycles. The predicted molar refractivity (Wildman–Crippen MR) is 98.1 cm³/mol. The Hall–Kier alpha value is -2.27. The quantitative estimate of drug-likeness (QED) is 0.840. The number of nitrogens with one attached hydrogen (secondary N) is 1. The monoisotopic (exact) mass is 359 g/mol. The summed E-state index contributed by atoms with van der Waals surface area (Å²) in [6, 6.07) is 6.52. The van der Waals surface area contributed by atoms with Gasteiger partial charge in [-0.1, -0.05) is 29.8 Å². The van der Waals surface area contributed by atoms with E-state index >= 15 is 0 Å². The van der Waals surface area contributed by atoms with E-state index in [2.05, 4.69) is 11.9 Å². The van der Waals surface area contributed by atoms with Crippen LogP contribution in [0.1, 0.15) is 32.4 Å². The van der Waals surface area contributed by atoms with Crippen molar-refractivity contribution < 1.29 is 9.59 Å². The molecule has 5 nitrogen and oxygen atoms in total. The fraction of sp³-hybridized carbons (Fsp3) is 0.368. The molecule has 0 radical (unpaired) electrons. The lowest BCUT2D eigenvalue weighted by Gasteiger charge is -2.33. The molecule has 1 aromatic carbocycles. The van der Waals surface area contributed by atoms with Crippen LogP contribution in [0.3, 0.4) is 0 Å². The van der Waals surface area contributed by atoms with Crippen LogP contribution in [-0.4, -0.2) is 40.4 Å². The summed E-state index contributed by atoms with van der Waals surface area (Å²) in [6.45, 7) is 10.5. The lowest BCUT2D eigenvalue weighted by Crippen LogP contribution is -2.47. The lowest BCUT2D eigenvalue weighted by atomic mass is 9.95. The molecule has 0 bridgehead atoms. The zero-order valence-corrected chi connectivity index (χ0v) is 15.4. The molecule has 0 fully saturated rings. The molecule has 132 valence electrons. The van der Waals surface area contributed by atoms with Gasteiger partial charge in [-0.15, -0.1) is 6.58 Å². The Morgan fingerprint density at radius 1 is 1.36 bits per heavy atom. The van der Waals surface area contributed by atoms with Gasteiger partial charge in [-0.3, -0.25) is 9.69 Å². The first kappa shape index (κ1) is 17.5. The summed E-state index contributed by atoms with van der Waals surface area (Å²) in [4.78, 5) is 29.2. The van der Waals surface area contributed by atoms with Crippen LogP contribution in [0, 0.1) is 0 Å². The van der Waals surface area contributed by atoms with E-state index in [0.29, 0.717) is 23.7 Å². The molecule has 2 aliphatic heterocycles. The predicted octanol–water partition coefficient (Wildman–Crippen LogP) is 3.49. The smallest absolute Gasteiger partial charge is 0.322 e. The van der Waals surface area contributed by atoms with Gasteiger partial charge in [-0.2, -0.15) is 0 Å². The number of urea groups is 1. The molecule has 1 aromatic rings. The summed E-state index contributed by atoms with van der Waals surface area (Å²) in [6.07, 6.45) is 1.66. The first-order valence-electron chi connectivity index (χ1n) is 8.23. The van der Waals surface area contributed by atoms with Gasteiger partial charge in [0.2, 0.25) is 0 Å². The van der Waals surface area contributed by atoms with E-state index in [0.717, 1.165) is 11.3 Å². The number of halogens is 1. The van der Waals surface area contributed by atoms with Crippen molar-refractivity contribution in [2.45, 2.75) is 32.4 Å². The summed E-state index contributed by atoms with van der Waals surface area (Å²) >= 11 is 6.11. The standard InChI is InChI=1S/C19H22ClN3O2/c1-5-9-22-14-11-23(19(2,3)4)17(24)15(14)16(21-18(22)25)12-7-6-8-13(20)10-12/h5-8,10,16H,1,9,11H2,2-4H3,(H,21,25)/t16-/m1/s1. The van der Waals surface area contributed by atoms with Crippen LogP contribution in [0.25, 0.3) is 0 Å². The Kier molecular flexibility index (Phi) is 4.37. The molecule has 6 heteroatoms. The molecular formula is C19H22ClN3O2. The second-order valence-electron chi connectivity index (χ2n) is 7.26. The van der Waals surface area contributed by atoms with Gasteiger partial charge in [0.05, 0.1) is 23.9 Å². The maximum absolute atomic E-state index is 13.1. The van der Waals surface area contributed by atoms with Gasteiger partial charge in [0.15, 0.2) is 0 Å². The molecule has 1 atom stereocenters. The molecule has 2 aliphatic rings. The highest BCUT2D eigenvalue weighted by Crippen LogP contribution is 2.39. The number of nitrogens with zero attached hydrogens (tertiary/aromatic N) is 2. The fourth-order valence-electron chi connectivity index (χ4n) is 3.29. The van der Waals surface area contributed by atoms with Gasteiger partial charge in [-0.05, 0) is 38.5 Å². The maximum atomic E-state index is 13.1. The molecule has 3 amide bonds. The van der Waals surface area contributed by atoms with Crippen molar-refractivity contribution >= 4 is 23.5 Å². The number of carbonyl (C=O) groups is 2. The van der Waals surface area contributed by atoms with Gasteiger partial charge >= 0.3 is 6.03 Å². The molecule has 0 unspecified atom stereocenters. The van der Waals surface area contributed by atoms with E-state index in [1.54, 1.807) is 28.0 Å². The first-order chi connectivity index (χ1) is 11.7. The van der Waals surface area contributed by atoms with Crippen LogP contribution in [0.15, 0.2) is 48.2 Å². The SMILES string of the molecule is C=CCN1C(=O)N[C@H](c2cccc(Cl)c2)C2=C1CN(C(C)(C)C)C2=O. The van der Waals surface area contributed by atoms with Crippen molar-refractivity contribution in [3.05, 3.63) is 58.8 Å². The molecule has 0 saturated heterocycles.